The molecule has 0 unspecified atom stereocenters. The minimum atomic E-state index is 0.827. The summed E-state index contributed by atoms with van der Waals surface area (Å²) in [5.74, 6) is 0.908. The Morgan fingerprint density at radius 1 is 0.909 bits per heavy atom. The third kappa shape index (κ3) is 3.52. The van der Waals surface area contributed by atoms with Gasteiger partial charge in [0.1, 0.15) is 5.75 Å². The number of hydrogen-bond donors (Lipinski definition) is 1. The second kappa shape index (κ2) is 6.71. The molecule has 0 aliphatic carbocycles. The van der Waals surface area contributed by atoms with Crippen LogP contribution in [0.4, 0.5) is 11.4 Å². The zero-order valence-corrected chi connectivity index (χ0v) is 13.0. The molecule has 0 spiro atoms. The number of rotatable bonds is 4. The van der Waals surface area contributed by atoms with Crippen molar-refractivity contribution in [2.45, 2.75) is 6.54 Å². The van der Waals surface area contributed by atoms with Gasteiger partial charge >= 0.3 is 0 Å². The van der Waals surface area contributed by atoms with Crippen molar-refractivity contribution in [3.05, 3.63) is 54.1 Å². The highest BCUT2D eigenvalue weighted by Crippen LogP contribution is 2.21. The van der Waals surface area contributed by atoms with E-state index in [1.807, 2.05) is 24.3 Å². The molecular weight excluding hydrogens is 274 g/mol. The van der Waals surface area contributed by atoms with E-state index in [2.05, 4.69) is 34.1 Å². The Kier molecular flexibility index (Phi) is 4.49. The first-order valence-corrected chi connectivity index (χ1v) is 7.70. The zero-order valence-electron chi connectivity index (χ0n) is 13.0. The topological polar surface area (TPSA) is 41.7 Å². The van der Waals surface area contributed by atoms with E-state index >= 15 is 0 Å². The summed E-state index contributed by atoms with van der Waals surface area (Å²) in [6, 6.07) is 16.5. The second-order valence-electron chi connectivity index (χ2n) is 5.70. The van der Waals surface area contributed by atoms with Crippen molar-refractivity contribution >= 4 is 11.4 Å². The van der Waals surface area contributed by atoms with Crippen LogP contribution in [0.3, 0.4) is 0 Å². The fraction of sp³-hybridized carbons (Fsp3) is 0.333. The molecule has 2 aromatic carbocycles. The van der Waals surface area contributed by atoms with Crippen LogP contribution in [0.2, 0.25) is 0 Å². The number of methoxy groups -OCH3 is 1. The molecule has 0 saturated carbocycles. The molecule has 4 heteroatoms. The van der Waals surface area contributed by atoms with Crippen LogP contribution in [-0.2, 0) is 6.54 Å². The summed E-state index contributed by atoms with van der Waals surface area (Å²) in [5, 5.41) is 0. The summed E-state index contributed by atoms with van der Waals surface area (Å²) in [7, 11) is 1.70. The lowest BCUT2D eigenvalue weighted by Crippen LogP contribution is -2.45. The van der Waals surface area contributed by atoms with E-state index in [4.69, 9.17) is 10.5 Å². The van der Waals surface area contributed by atoms with E-state index in [0.29, 0.717) is 0 Å². The van der Waals surface area contributed by atoms with Crippen LogP contribution in [0.1, 0.15) is 5.56 Å². The Labute approximate surface area is 132 Å². The minimum Gasteiger partial charge on any atom is -0.497 e. The summed E-state index contributed by atoms with van der Waals surface area (Å²) < 4.78 is 5.21. The molecule has 0 aromatic heterocycles. The lowest BCUT2D eigenvalue weighted by molar-refractivity contribution is 0.250. The lowest BCUT2D eigenvalue weighted by Gasteiger charge is -2.36. The predicted octanol–water partition coefficient (Wildman–Crippen LogP) is 2.60. The van der Waals surface area contributed by atoms with Crippen molar-refractivity contribution in [3.8, 4) is 5.75 Å². The normalized spacial score (nSPS) is 15.8. The molecule has 22 heavy (non-hydrogen) atoms. The van der Waals surface area contributed by atoms with Crippen molar-refractivity contribution < 1.29 is 4.74 Å². The Morgan fingerprint density at radius 2 is 1.55 bits per heavy atom. The number of nitrogens with two attached hydrogens (primary N) is 1. The molecule has 3 rings (SSSR count). The molecule has 116 valence electrons. The first kappa shape index (κ1) is 14.7. The van der Waals surface area contributed by atoms with Crippen molar-refractivity contribution in [2.75, 3.05) is 43.9 Å². The van der Waals surface area contributed by atoms with E-state index in [1.165, 1.54) is 11.3 Å². The van der Waals surface area contributed by atoms with Crippen LogP contribution in [0.25, 0.3) is 0 Å². The van der Waals surface area contributed by atoms with E-state index in [9.17, 15) is 0 Å². The number of nitrogens with zero attached hydrogens (tertiary/aromatic N) is 2. The Hall–Kier alpha value is -2.20. The van der Waals surface area contributed by atoms with Gasteiger partial charge in [0, 0.05) is 44.1 Å². The molecule has 0 bridgehead atoms. The van der Waals surface area contributed by atoms with E-state index in [-0.39, 0.29) is 0 Å². The number of anilines is 2. The lowest BCUT2D eigenvalue weighted by atomic mass is 10.1. The average Bonchev–Trinajstić information content (AvgIpc) is 2.58. The molecule has 0 radical (unpaired) electrons. The molecule has 4 nitrogen and oxygen atoms in total. The van der Waals surface area contributed by atoms with Gasteiger partial charge in [-0.05, 0) is 42.0 Å². The van der Waals surface area contributed by atoms with Gasteiger partial charge in [-0.1, -0.05) is 12.1 Å². The maximum absolute atomic E-state index is 5.73. The Morgan fingerprint density at radius 3 is 2.14 bits per heavy atom. The van der Waals surface area contributed by atoms with E-state index in [0.717, 1.165) is 44.2 Å². The molecule has 1 aliphatic rings. The molecule has 1 fully saturated rings. The molecule has 0 amide bonds. The minimum absolute atomic E-state index is 0.827. The maximum Gasteiger partial charge on any atom is 0.119 e. The maximum atomic E-state index is 5.73. The molecular formula is C18H23N3O. The molecule has 2 aromatic rings. The van der Waals surface area contributed by atoms with Crippen LogP contribution in [0, 0.1) is 0 Å². The molecule has 1 aliphatic heterocycles. The number of ether oxygens (including phenoxy) is 1. The van der Waals surface area contributed by atoms with Gasteiger partial charge in [-0.25, -0.2) is 0 Å². The van der Waals surface area contributed by atoms with E-state index in [1.54, 1.807) is 7.11 Å². The van der Waals surface area contributed by atoms with Gasteiger partial charge in [-0.2, -0.15) is 0 Å². The predicted molar refractivity (Wildman–Crippen MR) is 91.3 cm³/mol. The Bertz CT molecular complexity index is 587. The fourth-order valence-corrected chi connectivity index (χ4v) is 2.84. The van der Waals surface area contributed by atoms with Gasteiger partial charge in [-0.15, -0.1) is 0 Å². The zero-order chi connectivity index (χ0) is 15.4. The average molecular weight is 297 g/mol. The highest BCUT2D eigenvalue weighted by molar-refractivity contribution is 5.49. The van der Waals surface area contributed by atoms with E-state index < -0.39 is 0 Å². The summed E-state index contributed by atoms with van der Waals surface area (Å²) in [6.07, 6.45) is 0. The van der Waals surface area contributed by atoms with Gasteiger partial charge in [0.25, 0.3) is 0 Å². The third-order valence-corrected chi connectivity index (χ3v) is 4.20. The Balaban J connectivity index is 1.54. The number of piperazine rings is 1. The first-order valence-electron chi connectivity index (χ1n) is 7.70. The number of nitrogen functional groups attached to an aromatic ring is 1. The van der Waals surface area contributed by atoms with Crippen LogP contribution < -0.4 is 15.4 Å². The molecule has 1 saturated heterocycles. The van der Waals surface area contributed by atoms with Gasteiger partial charge in [0.05, 0.1) is 7.11 Å². The molecule has 1 heterocycles. The monoisotopic (exact) mass is 297 g/mol. The highest BCUT2D eigenvalue weighted by atomic mass is 16.5. The summed E-state index contributed by atoms with van der Waals surface area (Å²) >= 11 is 0. The number of benzene rings is 2. The highest BCUT2D eigenvalue weighted by Gasteiger charge is 2.17. The fourth-order valence-electron chi connectivity index (χ4n) is 2.84. The molecule has 0 atom stereocenters. The van der Waals surface area contributed by atoms with Crippen molar-refractivity contribution in [1.82, 2.24) is 4.90 Å². The summed E-state index contributed by atoms with van der Waals surface area (Å²) in [5.41, 5.74) is 9.16. The second-order valence-corrected chi connectivity index (χ2v) is 5.70. The smallest absolute Gasteiger partial charge is 0.119 e. The SMILES string of the molecule is COc1ccc(N2CCN(Cc3ccc(N)cc3)CC2)cc1. The van der Waals surface area contributed by atoms with Gasteiger partial charge < -0.3 is 15.4 Å². The van der Waals surface area contributed by atoms with Crippen molar-refractivity contribution in [2.24, 2.45) is 0 Å². The number of hydrogen-bond acceptors (Lipinski definition) is 4. The van der Waals surface area contributed by atoms with Crippen LogP contribution >= 0.6 is 0 Å². The van der Waals surface area contributed by atoms with Gasteiger partial charge in [0.15, 0.2) is 0 Å². The van der Waals surface area contributed by atoms with Gasteiger partial charge in [-0.3, -0.25) is 4.90 Å². The largest absolute Gasteiger partial charge is 0.497 e. The third-order valence-electron chi connectivity index (χ3n) is 4.20. The molecule has 2 N–H and O–H groups in total. The summed E-state index contributed by atoms with van der Waals surface area (Å²) in [6.45, 7) is 5.27. The summed E-state index contributed by atoms with van der Waals surface area (Å²) in [4.78, 5) is 4.92. The van der Waals surface area contributed by atoms with Crippen molar-refractivity contribution in [1.29, 1.82) is 0 Å². The standard InChI is InChI=1S/C18H23N3O/c1-22-18-8-6-17(7-9-18)21-12-10-20(11-13-21)14-15-2-4-16(19)5-3-15/h2-9H,10-14,19H2,1H3. The van der Waals surface area contributed by atoms with Crippen LogP contribution in [0.15, 0.2) is 48.5 Å². The van der Waals surface area contributed by atoms with Crippen molar-refractivity contribution in [3.63, 3.8) is 0 Å². The van der Waals surface area contributed by atoms with Gasteiger partial charge in [0.2, 0.25) is 0 Å². The van der Waals surface area contributed by atoms with Crippen LogP contribution in [0.5, 0.6) is 5.75 Å². The quantitative estimate of drug-likeness (QED) is 0.881. The van der Waals surface area contributed by atoms with Crippen LogP contribution in [-0.4, -0.2) is 38.2 Å². The first-order chi connectivity index (χ1) is 10.7.